The summed E-state index contributed by atoms with van der Waals surface area (Å²) in [5.74, 6) is -0.747. The molecule has 5 heteroatoms. The number of nitrogens with one attached hydrogen (secondary N) is 1. The molecule has 0 atom stereocenters. The molecule has 1 N–H and O–H groups in total. The first-order valence-electron chi connectivity index (χ1n) is 6.16. The molecule has 0 bridgehead atoms. The Morgan fingerprint density at radius 3 is 2.40 bits per heavy atom. The average molecular weight is 293 g/mol. The Hall–Kier alpha value is -1.88. The molecule has 0 radical (unpaired) electrons. The molecule has 20 heavy (non-hydrogen) atoms. The van der Waals surface area contributed by atoms with Crippen LogP contribution in [0, 0.1) is 26.6 Å². The van der Waals surface area contributed by atoms with Crippen molar-refractivity contribution < 1.29 is 12.8 Å². The molecule has 0 unspecified atom stereocenters. The first-order valence-corrected chi connectivity index (χ1v) is 7.65. The molecule has 0 fully saturated rings. The number of hydrogen-bond donors (Lipinski definition) is 1. The smallest absolute Gasteiger partial charge is 0.264 e. The number of benzene rings is 2. The third-order valence-electron chi connectivity index (χ3n) is 3.23. The van der Waals surface area contributed by atoms with Gasteiger partial charge in [0.1, 0.15) is 10.7 Å². The van der Waals surface area contributed by atoms with Gasteiger partial charge in [0.25, 0.3) is 10.0 Å². The van der Waals surface area contributed by atoms with Gasteiger partial charge in [0.05, 0.1) is 5.69 Å². The summed E-state index contributed by atoms with van der Waals surface area (Å²) >= 11 is 0. The number of anilines is 1. The predicted molar refractivity (Wildman–Crippen MR) is 77.9 cm³/mol. The summed E-state index contributed by atoms with van der Waals surface area (Å²) in [5, 5.41) is 0. The molecule has 2 aromatic rings. The van der Waals surface area contributed by atoms with Gasteiger partial charge in [0.15, 0.2) is 0 Å². The molecule has 0 aliphatic rings. The number of rotatable bonds is 3. The van der Waals surface area contributed by atoms with Gasteiger partial charge < -0.3 is 0 Å². The molecule has 0 aliphatic carbocycles. The molecule has 0 saturated carbocycles. The van der Waals surface area contributed by atoms with E-state index in [1.807, 2.05) is 19.9 Å². The van der Waals surface area contributed by atoms with Crippen molar-refractivity contribution in [2.75, 3.05) is 4.72 Å². The van der Waals surface area contributed by atoms with Crippen molar-refractivity contribution in [2.45, 2.75) is 25.7 Å². The Kier molecular flexibility index (Phi) is 3.81. The minimum atomic E-state index is -3.93. The number of halogens is 1. The Morgan fingerprint density at radius 1 is 1.05 bits per heavy atom. The second kappa shape index (κ2) is 5.25. The van der Waals surface area contributed by atoms with Crippen LogP contribution < -0.4 is 4.72 Å². The van der Waals surface area contributed by atoms with Gasteiger partial charge in [0.2, 0.25) is 0 Å². The third-order valence-corrected chi connectivity index (χ3v) is 4.62. The van der Waals surface area contributed by atoms with Gasteiger partial charge in [-0.15, -0.1) is 0 Å². The fraction of sp³-hybridized carbons (Fsp3) is 0.200. The Labute approximate surface area is 118 Å². The number of hydrogen-bond acceptors (Lipinski definition) is 2. The van der Waals surface area contributed by atoms with E-state index >= 15 is 0 Å². The van der Waals surface area contributed by atoms with Gasteiger partial charge in [-0.05, 0) is 55.7 Å². The molecule has 106 valence electrons. The lowest BCUT2D eigenvalue weighted by molar-refractivity contribution is 0.569. The minimum absolute atomic E-state index is 0.344. The molecule has 0 spiro atoms. The zero-order chi connectivity index (χ0) is 14.9. The highest BCUT2D eigenvalue weighted by Crippen LogP contribution is 2.23. The Balaban J connectivity index is 2.44. The number of sulfonamides is 1. The van der Waals surface area contributed by atoms with Crippen LogP contribution in [0.25, 0.3) is 0 Å². The highest BCUT2D eigenvalue weighted by molar-refractivity contribution is 7.92. The summed E-state index contributed by atoms with van der Waals surface area (Å²) in [6.07, 6.45) is 0. The van der Waals surface area contributed by atoms with E-state index in [9.17, 15) is 12.8 Å². The quantitative estimate of drug-likeness (QED) is 0.940. The van der Waals surface area contributed by atoms with Crippen LogP contribution in [0.2, 0.25) is 0 Å². The normalized spacial score (nSPS) is 11.4. The second-order valence-electron chi connectivity index (χ2n) is 4.79. The van der Waals surface area contributed by atoms with E-state index in [0.29, 0.717) is 11.3 Å². The lowest BCUT2D eigenvalue weighted by atomic mass is 10.1. The zero-order valence-electron chi connectivity index (χ0n) is 11.6. The van der Waals surface area contributed by atoms with Crippen LogP contribution in [-0.4, -0.2) is 8.42 Å². The maximum atomic E-state index is 13.8. The lowest BCUT2D eigenvalue weighted by Gasteiger charge is -2.12. The molecule has 0 heterocycles. The van der Waals surface area contributed by atoms with Gasteiger partial charge in [-0.1, -0.05) is 18.2 Å². The standard InChI is InChI=1S/C15H16FNO2S/c1-10-7-8-15(13(16)9-10)20(18,19)17-14-6-4-5-11(2)12(14)3/h4-9,17H,1-3H3. The van der Waals surface area contributed by atoms with Crippen LogP contribution in [0.15, 0.2) is 41.3 Å². The van der Waals surface area contributed by atoms with Crippen LogP contribution in [-0.2, 0) is 10.0 Å². The molecular weight excluding hydrogens is 277 g/mol. The van der Waals surface area contributed by atoms with Gasteiger partial charge in [-0.2, -0.15) is 0 Å². The molecule has 0 aromatic heterocycles. The van der Waals surface area contributed by atoms with Crippen molar-refractivity contribution in [3.8, 4) is 0 Å². The van der Waals surface area contributed by atoms with E-state index in [1.54, 1.807) is 25.1 Å². The summed E-state index contributed by atoms with van der Waals surface area (Å²) in [6, 6.07) is 9.35. The van der Waals surface area contributed by atoms with E-state index in [-0.39, 0.29) is 4.90 Å². The Morgan fingerprint density at radius 2 is 1.75 bits per heavy atom. The van der Waals surface area contributed by atoms with Crippen LogP contribution in [0.1, 0.15) is 16.7 Å². The second-order valence-corrected chi connectivity index (χ2v) is 6.44. The van der Waals surface area contributed by atoms with Gasteiger partial charge in [-0.3, -0.25) is 4.72 Å². The highest BCUT2D eigenvalue weighted by Gasteiger charge is 2.19. The molecule has 2 rings (SSSR count). The average Bonchev–Trinajstić information content (AvgIpc) is 2.34. The molecular formula is C15H16FNO2S. The summed E-state index contributed by atoms with van der Waals surface area (Å²) in [4.78, 5) is -0.344. The van der Waals surface area contributed by atoms with Crippen LogP contribution >= 0.6 is 0 Å². The highest BCUT2D eigenvalue weighted by atomic mass is 32.2. The van der Waals surface area contributed by atoms with E-state index in [0.717, 1.165) is 11.1 Å². The summed E-state index contributed by atoms with van der Waals surface area (Å²) < 4.78 is 40.7. The summed E-state index contributed by atoms with van der Waals surface area (Å²) in [7, 11) is -3.93. The maximum absolute atomic E-state index is 13.8. The summed E-state index contributed by atoms with van der Waals surface area (Å²) in [5.41, 5.74) is 2.93. The first kappa shape index (κ1) is 14.5. The predicted octanol–water partition coefficient (Wildman–Crippen LogP) is 3.55. The minimum Gasteiger partial charge on any atom is -0.279 e. The van der Waals surface area contributed by atoms with E-state index < -0.39 is 15.8 Å². The largest absolute Gasteiger partial charge is 0.279 e. The monoisotopic (exact) mass is 293 g/mol. The summed E-state index contributed by atoms with van der Waals surface area (Å²) in [6.45, 7) is 5.41. The fourth-order valence-electron chi connectivity index (χ4n) is 1.89. The SMILES string of the molecule is Cc1ccc(S(=O)(=O)Nc2cccc(C)c2C)c(F)c1. The molecule has 3 nitrogen and oxygen atoms in total. The van der Waals surface area contributed by atoms with Crippen LogP contribution in [0.3, 0.4) is 0 Å². The third kappa shape index (κ3) is 2.82. The van der Waals surface area contributed by atoms with Gasteiger partial charge in [-0.25, -0.2) is 12.8 Å². The van der Waals surface area contributed by atoms with Crippen molar-refractivity contribution in [1.82, 2.24) is 0 Å². The topological polar surface area (TPSA) is 46.2 Å². The molecule has 0 aliphatic heterocycles. The van der Waals surface area contributed by atoms with Gasteiger partial charge in [0, 0.05) is 0 Å². The maximum Gasteiger partial charge on any atom is 0.264 e. The van der Waals surface area contributed by atoms with Crippen LogP contribution in [0.4, 0.5) is 10.1 Å². The molecule has 0 saturated heterocycles. The Bertz CT molecular complexity index is 754. The van der Waals surface area contributed by atoms with E-state index in [1.165, 1.54) is 12.1 Å². The van der Waals surface area contributed by atoms with E-state index in [2.05, 4.69) is 4.72 Å². The first-order chi connectivity index (χ1) is 9.31. The van der Waals surface area contributed by atoms with Crippen molar-refractivity contribution in [3.63, 3.8) is 0 Å². The molecule has 2 aromatic carbocycles. The fourth-order valence-corrected chi connectivity index (χ4v) is 3.07. The van der Waals surface area contributed by atoms with Crippen molar-refractivity contribution in [3.05, 3.63) is 58.9 Å². The number of aryl methyl sites for hydroxylation is 2. The van der Waals surface area contributed by atoms with Crippen molar-refractivity contribution in [1.29, 1.82) is 0 Å². The zero-order valence-corrected chi connectivity index (χ0v) is 12.4. The van der Waals surface area contributed by atoms with Crippen LogP contribution in [0.5, 0.6) is 0 Å². The lowest BCUT2D eigenvalue weighted by Crippen LogP contribution is -2.15. The van der Waals surface area contributed by atoms with Gasteiger partial charge >= 0.3 is 0 Å². The molecule has 0 amide bonds. The van der Waals surface area contributed by atoms with Crippen molar-refractivity contribution in [2.24, 2.45) is 0 Å². The van der Waals surface area contributed by atoms with E-state index in [4.69, 9.17) is 0 Å². The van der Waals surface area contributed by atoms with Crippen molar-refractivity contribution >= 4 is 15.7 Å².